The molecule has 1 N–H and O–H groups in total. The molecule has 0 saturated carbocycles. The van der Waals surface area contributed by atoms with E-state index in [2.05, 4.69) is 11.5 Å². The lowest BCUT2D eigenvalue weighted by Gasteiger charge is -2.24. The van der Waals surface area contributed by atoms with Crippen LogP contribution in [0.5, 0.6) is 11.6 Å². The number of ether oxygens (including phenoxy) is 2. The molecule has 1 unspecified atom stereocenters. The van der Waals surface area contributed by atoms with Crippen LogP contribution in [0.1, 0.15) is 17.0 Å². The minimum absolute atomic E-state index is 0.219. The van der Waals surface area contributed by atoms with Crippen molar-refractivity contribution in [1.82, 2.24) is 14.7 Å². The highest BCUT2D eigenvalue weighted by Gasteiger charge is 2.23. The highest BCUT2D eigenvalue weighted by Crippen LogP contribution is 2.32. The number of hydrogen-bond donors (Lipinski definition) is 1. The maximum Gasteiger partial charge on any atom is 0.227 e. The second-order valence-electron chi connectivity index (χ2n) is 8.26. The van der Waals surface area contributed by atoms with Crippen LogP contribution in [0, 0.1) is 6.92 Å². The van der Waals surface area contributed by atoms with Gasteiger partial charge in [-0.3, -0.25) is 4.90 Å². The Bertz CT molecular complexity index is 1170. The number of nitrogens with zero attached hydrogens (tertiary/aromatic N) is 3. The number of aliphatic hydroxyl groups excluding tert-OH is 1. The molecule has 1 atom stereocenters. The largest absolute Gasteiger partial charge is 0.468 e. The zero-order chi connectivity index (χ0) is 24.5. The van der Waals surface area contributed by atoms with E-state index in [4.69, 9.17) is 19.0 Å². The van der Waals surface area contributed by atoms with Gasteiger partial charge in [0, 0.05) is 13.1 Å². The van der Waals surface area contributed by atoms with Crippen LogP contribution >= 0.6 is 0 Å². The number of furan rings is 1. The molecule has 7 nitrogen and oxygen atoms in total. The van der Waals surface area contributed by atoms with Crippen LogP contribution in [-0.2, 0) is 17.8 Å². The molecule has 2 heterocycles. The first kappa shape index (κ1) is 24.5. The van der Waals surface area contributed by atoms with Crippen LogP contribution in [-0.4, -0.2) is 45.6 Å². The third kappa shape index (κ3) is 6.70. The number of hydrogen-bond acceptors (Lipinski definition) is 6. The molecule has 7 heteroatoms. The molecule has 0 spiro atoms. The lowest BCUT2D eigenvalue weighted by Crippen LogP contribution is -2.34. The van der Waals surface area contributed by atoms with Crippen molar-refractivity contribution < 1.29 is 19.0 Å². The molecule has 0 aliphatic rings. The average molecular weight is 474 g/mol. The van der Waals surface area contributed by atoms with Crippen molar-refractivity contribution in [2.45, 2.75) is 26.1 Å². The fraction of sp³-hybridized carbons (Fsp3) is 0.250. The zero-order valence-electron chi connectivity index (χ0n) is 19.9. The van der Waals surface area contributed by atoms with E-state index >= 15 is 0 Å². The van der Waals surface area contributed by atoms with Crippen LogP contribution < -0.4 is 4.74 Å². The van der Waals surface area contributed by atoms with Gasteiger partial charge in [0.2, 0.25) is 5.88 Å². The van der Waals surface area contributed by atoms with Crippen LogP contribution in [0.25, 0.3) is 5.69 Å². The minimum Gasteiger partial charge on any atom is -0.468 e. The highest BCUT2D eigenvalue weighted by atomic mass is 16.5. The summed E-state index contributed by atoms with van der Waals surface area (Å²) in [6, 6.07) is 23.4. The molecule has 0 aliphatic heterocycles. The minimum atomic E-state index is -0.673. The van der Waals surface area contributed by atoms with Crippen LogP contribution in [0.4, 0.5) is 0 Å². The number of para-hydroxylation sites is 2. The fourth-order valence-electron chi connectivity index (χ4n) is 3.84. The second-order valence-corrected chi connectivity index (χ2v) is 8.26. The molecule has 0 amide bonds. The lowest BCUT2D eigenvalue weighted by atomic mass is 10.2. The van der Waals surface area contributed by atoms with E-state index < -0.39 is 6.10 Å². The van der Waals surface area contributed by atoms with E-state index in [1.165, 1.54) is 0 Å². The van der Waals surface area contributed by atoms with Gasteiger partial charge in [0.25, 0.3) is 0 Å². The Morgan fingerprint density at radius 1 is 1.06 bits per heavy atom. The summed E-state index contributed by atoms with van der Waals surface area (Å²) in [6.45, 7) is 7.65. The Hall–Kier alpha value is -3.65. The Labute approximate surface area is 205 Å². The highest BCUT2D eigenvalue weighted by molar-refractivity contribution is 5.43. The quantitative estimate of drug-likeness (QED) is 0.214. The van der Waals surface area contributed by atoms with Gasteiger partial charge in [-0.2, -0.15) is 5.10 Å². The summed E-state index contributed by atoms with van der Waals surface area (Å²) in [5.74, 6) is 2.17. The van der Waals surface area contributed by atoms with Crippen molar-refractivity contribution in [3.63, 3.8) is 0 Å². The normalized spacial score (nSPS) is 12.1. The van der Waals surface area contributed by atoms with Crippen molar-refractivity contribution in [3.8, 4) is 17.3 Å². The molecule has 0 aliphatic carbocycles. The summed E-state index contributed by atoms with van der Waals surface area (Å²) in [7, 11) is 0. The molecule has 0 bridgehead atoms. The molecular formula is C28H31N3O4. The summed E-state index contributed by atoms with van der Waals surface area (Å²) >= 11 is 0. The summed E-state index contributed by atoms with van der Waals surface area (Å²) < 4.78 is 19.3. The molecule has 182 valence electrons. The van der Waals surface area contributed by atoms with Gasteiger partial charge >= 0.3 is 0 Å². The third-order valence-electron chi connectivity index (χ3n) is 5.45. The monoisotopic (exact) mass is 473 g/mol. The van der Waals surface area contributed by atoms with Gasteiger partial charge in [-0.15, -0.1) is 6.58 Å². The standard InChI is InChI=1S/C28H31N3O4/c1-3-16-33-21-24(32)18-30(19-26-15-10-17-34-26)20-27-22(2)29-31(23-11-6-4-7-12-23)28(27)35-25-13-8-5-9-14-25/h3-15,17,24,32H,1,16,18-21H2,2H3. The van der Waals surface area contributed by atoms with Crippen molar-refractivity contribution in [2.75, 3.05) is 19.8 Å². The van der Waals surface area contributed by atoms with E-state index in [0.29, 0.717) is 32.1 Å². The van der Waals surface area contributed by atoms with Crippen molar-refractivity contribution in [3.05, 3.63) is 109 Å². The predicted octanol–water partition coefficient (Wildman–Crippen LogP) is 5.13. The van der Waals surface area contributed by atoms with Gasteiger partial charge < -0.3 is 19.0 Å². The van der Waals surface area contributed by atoms with E-state index in [1.54, 1.807) is 12.3 Å². The number of aryl methyl sites for hydroxylation is 1. The van der Waals surface area contributed by atoms with Gasteiger partial charge in [0.05, 0.1) is 49.1 Å². The number of rotatable bonds is 13. The molecule has 4 aromatic rings. The van der Waals surface area contributed by atoms with E-state index in [1.807, 2.05) is 84.4 Å². The van der Waals surface area contributed by atoms with E-state index in [9.17, 15) is 5.11 Å². The average Bonchev–Trinajstić information content (AvgIpc) is 3.49. The zero-order valence-corrected chi connectivity index (χ0v) is 19.9. The molecule has 4 rings (SSSR count). The van der Waals surface area contributed by atoms with Gasteiger partial charge in [-0.25, -0.2) is 4.68 Å². The van der Waals surface area contributed by atoms with E-state index in [-0.39, 0.29) is 6.61 Å². The Kier molecular flexibility index (Phi) is 8.51. The SMILES string of the molecule is C=CCOCC(O)CN(Cc1ccco1)Cc1c(C)nn(-c2ccccc2)c1Oc1ccccc1. The van der Waals surface area contributed by atoms with Gasteiger partial charge in [-0.1, -0.05) is 42.5 Å². The maximum atomic E-state index is 10.6. The summed E-state index contributed by atoms with van der Waals surface area (Å²) in [4.78, 5) is 2.11. The number of benzene rings is 2. The van der Waals surface area contributed by atoms with Crippen LogP contribution in [0.2, 0.25) is 0 Å². The topological polar surface area (TPSA) is 72.9 Å². The van der Waals surface area contributed by atoms with Crippen LogP contribution in [0.3, 0.4) is 0 Å². The second kappa shape index (κ2) is 12.2. The summed E-state index contributed by atoms with van der Waals surface area (Å²) in [6.07, 6.45) is 2.65. The smallest absolute Gasteiger partial charge is 0.227 e. The molecule has 2 aromatic carbocycles. The molecule has 0 fully saturated rings. The van der Waals surface area contributed by atoms with Crippen molar-refractivity contribution in [2.24, 2.45) is 0 Å². The fourth-order valence-corrected chi connectivity index (χ4v) is 3.84. The number of aliphatic hydroxyl groups is 1. The third-order valence-corrected chi connectivity index (χ3v) is 5.45. The molecular weight excluding hydrogens is 442 g/mol. The summed E-state index contributed by atoms with van der Waals surface area (Å²) in [5.41, 5.74) is 2.69. The first-order valence-corrected chi connectivity index (χ1v) is 11.6. The molecule has 35 heavy (non-hydrogen) atoms. The summed E-state index contributed by atoms with van der Waals surface area (Å²) in [5, 5.41) is 15.4. The first-order valence-electron chi connectivity index (χ1n) is 11.6. The lowest BCUT2D eigenvalue weighted by molar-refractivity contribution is 0.0214. The maximum absolute atomic E-state index is 10.6. The molecule has 0 saturated heterocycles. The van der Waals surface area contributed by atoms with Crippen molar-refractivity contribution >= 4 is 0 Å². The number of aromatic nitrogens is 2. The predicted molar refractivity (Wildman–Crippen MR) is 135 cm³/mol. The van der Waals surface area contributed by atoms with Gasteiger partial charge in [0.15, 0.2) is 0 Å². The first-order chi connectivity index (χ1) is 17.1. The Morgan fingerprint density at radius 3 is 2.49 bits per heavy atom. The Balaban J connectivity index is 1.65. The molecule has 0 radical (unpaired) electrons. The van der Waals surface area contributed by atoms with Gasteiger partial charge in [0.1, 0.15) is 11.5 Å². The van der Waals surface area contributed by atoms with Gasteiger partial charge in [-0.05, 0) is 43.3 Å². The van der Waals surface area contributed by atoms with Crippen LogP contribution in [0.15, 0.2) is 96.1 Å². The van der Waals surface area contributed by atoms with Crippen molar-refractivity contribution in [1.29, 1.82) is 0 Å². The molecule has 2 aromatic heterocycles. The Morgan fingerprint density at radius 2 is 1.80 bits per heavy atom. The van der Waals surface area contributed by atoms with E-state index in [0.717, 1.165) is 28.5 Å².